The molecule has 3 rings (SSSR count). The predicted octanol–water partition coefficient (Wildman–Crippen LogP) is 6.14. The Morgan fingerprint density at radius 2 is 1.35 bits per heavy atom. The van der Waals surface area contributed by atoms with Gasteiger partial charge >= 0.3 is 0 Å². The summed E-state index contributed by atoms with van der Waals surface area (Å²) in [6.45, 7) is 10.9. The summed E-state index contributed by atoms with van der Waals surface area (Å²) >= 11 is 0. The van der Waals surface area contributed by atoms with Crippen molar-refractivity contribution in [3.05, 3.63) is 75.9 Å². The molecule has 0 aliphatic heterocycles. The van der Waals surface area contributed by atoms with E-state index in [1.807, 2.05) is 6.07 Å². The third kappa shape index (κ3) is 2.41. The predicted molar refractivity (Wildman–Crippen MR) is 97.8 cm³/mol. The van der Waals surface area contributed by atoms with Crippen LogP contribution < -0.4 is 0 Å². The lowest BCUT2D eigenvalue weighted by atomic mass is 9.83. The molecule has 118 valence electrons. The summed E-state index contributed by atoms with van der Waals surface area (Å²) in [6, 6.07) is 14.2. The molecule has 0 spiro atoms. The largest absolute Gasteiger partial charge is 0.507 e. The maximum absolute atomic E-state index is 10.4. The second kappa shape index (κ2) is 5.73. The van der Waals surface area contributed by atoms with Crippen LogP contribution in [-0.4, -0.2) is 5.11 Å². The van der Waals surface area contributed by atoms with Crippen LogP contribution >= 0.6 is 0 Å². The molecule has 23 heavy (non-hydrogen) atoms. The van der Waals surface area contributed by atoms with Gasteiger partial charge in [0.15, 0.2) is 0 Å². The first kappa shape index (κ1) is 15.6. The van der Waals surface area contributed by atoms with E-state index in [-0.39, 0.29) is 0 Å². The Morgan fingerprint density at radius 1 is 0.739 bits per heavy atom. The van der Waals surface area contributed by atoms with Gasteiger partial charge in [-0.1, -0.05) is 47.5 Å². The van der Waals surface area contributed by atoms with Crippen molar-refractivity contribution in [2.24, 2.45) is 0 Å². The van der Waals surface area contributed by atoms with Crippen molar-refractivity contribution >= 4 is 0 Å². The molecule has 1 aliphatic rings. The molecule has 0 fully saturated rings. The fourth-order valence-electron chi connectivity index (χ4n) is 3.79. The Hall–Kier alpha value is -2.28. The first-order chi connectivity index (χ1) is 10.9. The molecule has 0 aromatic heterocycles. The summed E-state index contributed by atoms with van der Waals surface area (Å²) < 4.78 is 0. The average molecular weight is 304 g/mol. The van der Waals surface area contributed by atoms with Crippen molar-refractivity contribution < 1.29 is 5.11 Å². The van der Waals surface area contributed by atoms with Gasteiger partial charge in [0.2, 0.25) is 0 Å². The molecule has 0 unspecified atom stereocenters. The quantitative estimate of drug-likeness (QED) is 0.706. The van der Waals surface area contributed by atoms with Gasteiger partial charge in [-0.05, 0) is 68.5 Å². The van der Waals surface area contributed by atoms with E-state index >= 15 is 0 Å². The maximum Gasteiger partial charge on any atom is 0.123 e. The highest BCUT2D eigenvalue weighted by Gasteiger charge is 2.28. The number of phenolic OH excluding ortho intramolecular Hbond substituents is 1. The molecule has 0 heterocycles. The van der Waals surface area contributed by atoms with E-state index in [1.54, 1.807) is 6.07 Å². The highest BCUT2D eigenvalue weighted by atomic mass is 16.3. The van der Waals surface area contributed by atoms with Gasteiger partial charge in [0.05, 0.1) is 0 Å². The number of rotatable bonds is 2. The van der Waals surface area contributed by atoms with Crippen molar-refractivity contribution in [2.45, 2.75) is 40.5 Å². The normalized spacial score (nSPS) is 15.7. The van der Waals surface area contributed by atoms with Crippen LogP contribution in [0.3, 0.4) is 0 Å². The van der Waals surface area contributed by atoms with Crippen LogP contribution in [0, 0.1) is 6.92 Å². The lowest BCUT2D eigenvalue weighted by Gasteiger charge is -2.21. The molecule has 0 amide bonds. The van der Waals surface area contributed by atoms with E-state index in [2.05, 4.69) is 65.0 Å². The summed E-state index contributed by atoms with van der Waals surface area (Å²) in [5.74, 6) is 0.664. The summed E-state index contributed by atoms with van der Waals surface area (Å²) in [7, 11) is 0. The Kier molecular flexibility index (Phi) is 3.89. The number of phenols is 1. The molecule has 0 saturated heterocycles. The van der Waals surface area contributed by atoms with Gasteiger partial charge in [0.1, 0.15) is 5.75 Å². The zero-order valence-corrected chi connectivity index (χ0v) is 14.6. The van der Waals surface area contributed by atoms with Crippen molar-refractivity contribution in [3.63, 3.8) is 0 Å². The van der Waals surface area contributed by atoms with Crippen LogP contribution in [0.25, 0.3) is 11.1 Å². The van der Waals surface area contributed by atoms with E-state index in [0.717, 1.165) is 16.7 Å². The summed E-state index contributed by atoms with van der Waals surface area (Å²) in [5.41, 5.74) is 10.1. The van der Waals surface area contributed by atoms with Crippen LogP contribution in [0.15, 0.2) is 64.8 Å². The smallest absolute Gasteiger partial charge is 0.123 e. The highest BCUT2D eigenvalue weighted by Crippen LogP contribution is 2.47. The van der Waals surface area contributed by atoms with Gasteiger partial charge in [-0.25, -0.2) is 0 Å². The Bertz CT molecular complexity index is 793. The van der Waals surface area contributed by atoms with E-state index < -0.39 is 0 Å². The first-order valence-corrected chi connectivity index (χ1v) is 8.16. The second-order valence-electron chi connectivity index (χ2n) is 6.61. The van der Waals surface area contributed by atoms with Crippen LogP contribution in [0.4, 0.5) is 0 Å². The molecule has 2 aromatic rings. The molecular formula is C22H24O. The molecular weight excluding hydrogens is 280 g/mol. The molecule has 0 bridgehead atoms. The standard InChI is InChI=1S/C22H24O/c1-13-9-8-12-20(23)21(13)18-10-6-7-11-19(18)22-16(4)14(2)15(3)17(22)5/h6-12,22-23H,1-5H3. The van der Waals surface area contributed by atoms with Crippen LogP contribution in [0.5, 0.6) is 5.75 Å². The monoisotopic (exact) mass is 304 g/mol. The summed E-state index contributed by atoms with van der Waals surface area (Å²) in [5, 5.41) is 10.4. The summed E-state index contributed by atoms with van der Waals surface area (Å²) in [6.07, 6.45) is 0. The van der Waals surface area contributed by atoms with Crippen LogP contribution in [0.1, 0.15) is 44.7 Å². The fraction of sp³-hybridized carbons (Fsp3) is 0.273. The van der Waals surface area contributed by atoms with Gasteiger partial charge in [-0.2, -0.15) is 0 Å². The molecule has 1 nitrogen and oxygen atoms in total. The van der Waals surface area contributed by atoms with Crippen LogP contribution in [0.2, 0.25) is 0 Å². The number of hydrogen-bond donors (Lipinski definition) is 1. The van der Waals surface area contributed by atoms with Crippen LogP contribution in [-0.2, 0) is 0 Å². The minimum atomic E-state index is 0.310. The second-order valence-corrected chi connectivity index (χ2v) is 6.61. The number of aromatic hydroxyl groups is 1. The van der Waals surface area contributed by atoms with Gasteiger partial charge in [-0.15, -0.1) is 0 Å². The zero-order valence-electron chi connectivity index (χ0n) is 14.6. The number of allylic oxidation sites excluding steroid dienone is 4. The Labute approximate surface area is 139 Å². The van der Waals surface area contributed by atoms with Crippen molar-refractivity contribution in [2.75, 3.05) is 0 Å². The third-order valence-electron chi connectivity index (χ3n) is 5.40. The average Bonchev–Trinajstić information content (AvgIpc) is 2.72. The van der Waals surface area contributed by atoms with Crippen molar-refractivity contribution in [1.82, 2.24) is 0 Å². The molecule has 2 aromatic carbocycles. The topological polar surface area (TPSA) is 20.2 Å². The number of aryl methyl sites for hydroxylation is 1. The molecule has 0 radical (unpaired) electrons. The molecule has 1 N–H and O–H groups in total. The molecule has 1 aliphatic carbocycles. The third-order valence-corrected chi connectivity index (χ3v) is 5.40. The first-order valence-electron chi connectivity index (χ1n) is 8.16. The Morgan fingerprint density at radius 3 is 1.96 bits per heavy atom. The van der Waals surface area contributed by atoms with Crippen molar-refractivity contribution in [1.29, 1.82) is 0 Å². The zero-order chi connectivity index (χ0) is 16.7. The van der Waals surface area contributed by atoms with E-state index in [1.165, 1.54) is 27.9 Å². The van der Waals surface area contributed by atoms with E-state index in [4.69, 9.17) is 0 Å². The fourth-order valence-corrected chi connectivity index (χ4v) is 3.79. The lowest BCUT2D eigenvalue weighted by molar-refractivity contribution is 0.477. The van der Waals surface area contributed by atoms with E-state index in [0.29, 0.717) is 11.7 Å². The summed E-state index contributed by atoms with van der Waals surface area (Å²) in [4.78, 5) is 0. The molecule has 0 atom stereocenters. The molecule has 0 saturated carbocycles. The minimum Gasteiger partial charge on any atom is -0.507 e. The maximum atomic E-state index is 10.4. The lowest BCUT2D eigenvalue weighted by Crippen LogP contribution is -2.02. The highest BCUT2D eigenvalue weighted by molar-refractivity contribution is 5.78. The van der Waals surface area contributed by atoms with Gasteiger partial charge < -0.3 is 5.11 Å². The SMILES string of the molecule is CC1=C(C)C(c2ccccc2-c2c(C)cccc2O)C(C)=C1C. The number of hydrogen-bond acceptors (Lipinski definition) is 1. The molecule has 1 heteroatoms. The van der Waals surface area contributed by atoms with Gasteiger partial charge in [0.25, 0.3) is 0 Å². The van der Waals surface area contributed by atoms with Gasteiger partial charge in [-0.3, -0.25) is 0 Å². The van der Waals surface area contributed by atoms with Crippen molar-refractivity contribution in [3.8, 4) is 16.9 Å². The minimum absolute atomic E-state index is 0.310. The van der Waals surface area contributed by atoms with Gasteiger partial charge in [0, 0.05) is 11.5 Å². The number of benzene rings is 2. The van der Waals surface area contributed by atoms with E-state index in [9.17, 15) is 5.11 Å². The Balaban J connectivity index is 2.26.